The molecule has 1 aromatic rings. The summed E-state index contributed by atoms with van der Waals surface area (Å²) in [7, 11) is -1.09. The van der Waals surface area contributed by atoms with Crippen LogP contribution in [0.5, 0.6) is 0 Å². The minimum Gasteiger partial charge on any atom is -0.384 e. The largest absolute Gasteiger partial charge is 0.418 e. The maximum atomic E-state index is 12.8. The van der Waals surface area contributed by atoms with E-state index in [2.05, 4.69) is 5.32 Å². The normalized spacial score (nSPS) is 13.0. The van der Waals surface area contributed by atoms with E-state index in [1.165, 1.54) is 0 Å². The summed E-state index contributed by atoms with van der Waals surface area (Å²) >= 11 is 0. The van der Waals surface area contributed by atoms with Gasteiger partial charge in [-0.15, -0.1) is 0 Å². The van der Waals surface area contributed by atoms with Gasteiger partial charge in [0.15, 0.2) is 0 Å². The molecule has 0 heterocycles. The van der Waals surface area contributed by atoms with E-state index in [1.807, 2.05) is 0 Å². The number of hydrogen-bond acceptors (Lipinski definition) is 4. The third kappa shape index (κ3) is 4.48. The van der Waals surface area contributed by atoms with Crippen molar-refractivity contribution in [3.05, 3.63) is 33.9 Å². The van der Waals surface area contributed by atoms with Crippen LogP contribution in [0.4, 0.5) is 24.5 Å². The third-order valence-electron chi connectivity index (χ3n) is 2.49. The first-order chi connectivity index (χ1) is 9.25. The highest BCUT2D eigenvalue weighted by molar-refractivity contribution is 7.84. The van der Waals surface area contributed by atoms with Crippen molar-refractivity contribution in [2.24, 2.45) is 0 Å². The van der Waals surface area contributed by atoms with Crippen molar-refractivity contribution in [1.82, 2.24) is 0 Å². The number of benzene rings is 1. The highest BCUT2D eigenvalue weighted by Gasteiger charge is 2.35. The summed E-state index contributed by atoms with van der Waals surface area (Å²) in [6.45, 7) is 1.81. The van der Waals surface area contributed by atoms with Gasteiger partial charge in [-0.3, -0.25) is 14.3 Å². The monoisotopic (exact) mass is 310 g/mol. The van der Waals surface area contributed by atoms with Gasteiger partial charge < -0.3 is 5.32 Å². The average Bonchev–Trinajstić information content (AvgIpc) is 2.37. The number of hydrogen-bond donors (Lipinski definition) is 1. The molecule has 9 heteroatoms. The Bertz CT molecular complexity index is 520. The van der Waals surface area contributed by atoms with Gasteiger partial charge >= 0.3 is 6.18 Å². The highest BCUT2D eigenvalue weighted by Crippen LogP contribution is 2.36. The van der Waals surface area contributed by atoms with Gasteiger partial charge in [0, 0.05) is 46.7 Å². The quantitative estimate of drug-likeness (QED) is 0.648. The van der Waals surface area contributed by atoms with E-state index in [4.69, 9.17) is 0 Å². The second-order valence-electron chi connectivity index (χ2n) is 3.84. The van der Waals surface area contributed by atoms with Crippen molar-refractivity contribution >= 4 is 22.2 Å². The Kier molecular flexibility index (Phi) is 5.49. The molecule has 5 nitrogen and oxygen atoms in total. The number of nitrogens with one attached hydrogen (secondary N) is 1. The van der Waals surface area contributed by atoms with Gasteiger partial charge in [-0.1, -0.05) is 6.92 Å². The Morgan fingerprint density at radius 3 is 2.55 bits per heavy atom. The maximum Gasteiger partial charge on any atom is 0.418 e. The van der Waals surface area contributed by atoms with Gasteiger partial charge in [-0.25, -0.2) is 0 Å². The van der Waals surface area contributed by atoms with E-state index in [0.717, 1.165) is 12.1 Å². The Labute approximate surface area is 115 Å². The lowest BCUT2D eigenvalue weighted by Gasteiger charge is -2.14. The molecule has 1 atom stereocenters. The Morgan fingerprint density at radius 1 is 1.40 bits per heavy atom. The fourth-order valence-corrected chi connectivity index (χ4v) is 2.10. The molecule has 0 aliphatic heterocycles. The molecule has 0 saturated heterocycles. The third-order valence-corrected chi connectivity index (χ3v) is 3.79. The number of non-ortho nitro benzene ring substituents is 1. The zero-order valence-electron chi connectivity index (χ0n) is 10.6. The second-order valence-corrected chi connectivity index (χ2v) is 5.71. The molecule has 0 fully saturated rings. The fourth-order valence-electron chi connectivity index (χ4n) is 1.48. The first-order valence-electron chi connectivity index (χ1n) is 5.70. The van der Waals surface area contributed by atoms with E-state index in [1.54, 1.807) is 6.92 Å². The first-order valence-corrected chi connectivity index (χ1v) is 7.19. The zero-order valence-corrected chi connectivity index (χ0v) is 11.4. The summed E-state index contributed by atoms with van der Waals surface area (Å²) in [4.78, 5) is 9.63. The van der Waals surface area contributed by atoms with Crippen LogP contribution < -0.4 is 5.32 Å². The molecule has 20 heavy (non-hydrogen) atoms. The smallest absolute Gasteiger partial charge is 0.384 e. The van der Waals surface area contributed by atoms with Gasteiger partial charge in [-0.05, 0) is 6.07 Å². The first kappa shape index (κ1) is 16.4. The highest BCUT2D eigenvalue weighted by atomic mass is 32.2. The van der Waals surface area contributed by atoms with Crippen LogP contribution in [0.2, 0.25) is 0 Å². The Balaban J connectivity index is 2.95. The SMILES string of the molecule is CCS(=O)CCNc1ccc([N+](=O)[O-])cc1C(F)(F)F. The van der Waals surface area contributed by atoms with Gasteiger partial charge in [0.25, 0.3) is 5.69 Å². The molecule has 1 unspecified atom stereocenters. The van der Waals surface area contributed by atoms with Crippen molar-refractivity contribution in [3.8, 4) is 0 Å². The summed E-state index contributed by atoms with van der Waals surface area (Å²) in [5, 5.41) is 13.0. The lowest BCUT2D eigenvalue weighted by atomic mass is 10.1. The fraction of sp³-hybridized carbons (Fsp3) is 0.455. The summed E-state index contributed by atoms with van der Waals surface area (Å²) in [6, 6.07) is 2.49. The van der Waals surface area contributed by atoms with E-state index < -0.39 is 33.2 Å². The number of nitrogens with zero attached hydrogens (tertiary/aromatic N) is 1. The van der Waals surface area contributed by atoms with Gasteiger partial charge in [0.1, 0.15) is 0 Å². The molecular formula is C11H13F3N2O3S. The van der Waals surface area contributed by atoms with Crippen LogP contribution in [0.3, 0.4) is 0 Å². The molecule has 0 bridgehead atoms. The minimum absolute atomic E-state index is 0.0986. The lowest BCUT2D eigenvalue weighted by Crippen LogP contribution is -2.16. The van der Waals surface area contributed by atoms with Crippen molar-refractivity contribution in [2.75, 3.05) is 23.4 Å². The van der Waals surface area contributed by atoms with Crippen LogP contribution in [-0.2, 0) is 17.0 Å². The average molecular weight is 310 g/mol. The molecular weight excluding hydrogens is 297 g/mol. The van der Waals surface area contributed by atoms with E-state index >= 15 is 0 Å². The summed E-state index contributed by atoms with van der Waals surface area (Å²) < 4.78 is 49.7. The number of rotatable bonds is 6. The van der Waals surface area contributed by atoms with Crippen LogP contribution in [0, 0.1) is 10.1 Å². The van der Waals surface area contributed by atoms with Gasteiger partial charge in [0.05, 0.1) is 10.5 Å². The minimum atomic E-state index is -4.70. The number of nitro groups is 1. The molecule has 112 valence electrons. The molecule has 0 radical (unpaired) electrons. The summed E-state index contributed by atoms with van der Waals surface area (Å²) in [5.74, 6) is 0.638. The summed E-state index contributed by atoms with van der Waals surface area (Å²) in [6.07, 6.45) is -4.70. The Hall–Kier alpha value is -1.64. The number of nitro benzene ring substituents is 1. The van der Waals surface area contributed by atoms with Crippen LogP contribution in [0.15, 0.2) is 18.2 Å². The maximum absolute atomic E-state index is 12.8. The predicted octanol–water partition coefficient (Wildman–Crippen LogP) is 2.79. The number of halogens is 3. The molecule has 1 rings (SSSR count). The van der Waals surface area contributed by atoms with Crippen molar-refractivity contribution in [3.63, 3.8) is 0 Å². The van der Waals surface area contributed by atoms with Crippen LogP contribution in [-0.4, -0.2) is 27.2 Å². The zero-order chi connectivity index (χ0) is 15.3. The van der Waals surface area contributed by atoms with E-state index in [0.29, 0.717) is 11.8 Å². The molecule has 0 aliphatic carbocycles. The van der Waals surface area contributed by atoms with Crippen LogP contribution in [0.25, 0.3) is 0 Å². The van der Waals surface area contributed by atoms with E-state index in [-0.39, 0.29) is 18.0 Å². The molecule has 0 amide bonds. The van der Waals surface area contributed by atoms with Gasteiger partial charge in [-0.2, -0.15) is 13.2 Å². The predicted molar refractivity (Wildman–Crippen MR) is 70.1 cm³/mol. The van der Waals surface area contributed by atoms with Gasteiger partial charge in [0.2, 0.25) is 0 Å². The van der Waals surface area contributed by atoms with Crippen molar-refractivity contribution in [2.45, 2.75) is 13.1 Å². The molecule has 1 N–H and O–H groups in total. The molecule has 0 aliphatic rings. The lowest BCUT2D eigenvalue weighted by molar-refractivity contribution is -0.385. The second kappa shape index (κ2) is 6.69. The van der Waals surface area contributed by atoms with E-state index in [9.17, 15) is 27.5 Å². The summed E-state index contributed by atoms with van der Waals surface area (Å²) in [5.41, 5.74) is -1.98. The number of alkyl halides is 3. The van der Waals surface area contributed by atoms with Crippen LogP contribution >= 0.6 is 0 Å². The number of anilines is 1. The van der Waals surface area contributed by atoms with Crippen molar-refractivity contribution < 1.29 is 22.3 Å². The molecule has 0 aromatic heterocycles. The molecule has 1 aromatic carbocycles. The molecule has 0 spiro atoms. The molecule has 0 saturated carbocycles. The Morgan fingerprint density at radius 2 is 2.05 bits per heavy atom. The van der Waals surface area contributed by atoms with Crippen molar-refractivity contribution in [1.29, 1.82) is 0 Å². The standard InChI is InChI=1S/C11H13F3N2O3S/c1-2-20(19)6-5-15-10-4-3-8(16(17)18)7-9(10)11(12,13)14/h3-4,7,15H,2,5-6H2,1H3. The van der Waals surface area contributed by atoms with Crippen LogP contribution in [0.1, 0.15) is 12.5 Å². The topological polar surface area (TPSA) is 72.2 Å².